The molecule has 0 spiro atoms. The van der Waals surface area contributed by atoms with E-state index < -0.39 is 0 Å². The van der Waals surface area contributed by atoms with Crippen LogP contribution in [0.4, 0.5) is 5.69 Å². The molecule has 2 rings (SSSR count). The van der Waals surface area contributed by atoms with Crippen molar-refractivity contribution >= 4 is 17.6 Å². The molecule has 1 aliphatic rings. The predicted molar refractivity (Wildman–Crippen MR) is 111 cm³/mol. The zero-order valence-corrected chi connectivity index (χ0v) is 16.7. The lowest BCUT2D eigenvalue weighted by Gasteiger charge is -2.22. The van der Waals surface area contributed by atoms with E-state index in [1.54, 1.807) is 0 Å². The molecule has 0 aromatic heterocycles. The summed E-state index contributed by atoms with van der Waals surface area (Å²) >= 11 is 0. The Morgan fingerprint density at radius 1 is 1.22 bits per heavy atom. The predicted octanol–water partition coefficient (Wildman–Crippen LogP) is 3.44. The highest BCUT2D eigenvalue weighted by atomic mass is 16.5. The van der Waals surface area contributed by atoms with E-state index in [0.29, 0.717) is 12.6 Å². The molecule has 1 amide bonds. The summed E-state index contributed by atoms with van der Waals surface area (Å²) in [6.45, 7) is 6.58. The van der Waals surface area contributed by atoms with Crippen LogP contribution in [0.3, 0.4) is 0 Å². The minimum absolute atomic E-state index is 0.0684. The zero-order valence-electron chi connectivity index (χ0n) is 16.7. The molecule has 1 fully saturated rings. The van der Waals surface area contributed by atoms with Crippen LogP contribution in [0, 0.1) is 0 Å². The van der Waals surface area contributed by atoms with Gasteiger partial charge in [-0.25, -0.2) is 4.99 Å². The van der Waals surface area contributed by atoms with Gasteiger partial charge >= 0.3 is 0 Å². The average molecular weight is 375 g/mol. The molecule has 1 aliphatic carbocycles. The second-order valence-corrected chi connectivity index (χ2v) is 6.99. The van der Waals surface area contributed by atoms with Crippen LogP contribution in [0.25, 0.3) is 0 Å². The first-order chi connectivity index (χ1) is 13.2. The summed E-state index contributed by atoms with van der Waals surface area (Å²) in [5, 5.41) is 9.43. The molecule has 3 N–H and O–H groups in total. The molecule has 6 heteroatoms. The SMILES string of the molecule is CCNC(=NCc1cccc(NC(C)=O)c1)NCCCOC1CCCCC1. The average Bonchev–Trinajstić information content (AvgIpc) is 2.66. The summed E-state index contributed by atoms with van der Waals surface area (Å²) in [6, 6.07) is 7.77. The molecule has 0 radical (unpaired) electrons. The fraction of sp³-hybridized carbons (Fsp3) is 0.619. The summed E-state index contributed by atoms with van der Waals surface area (Å²) in [5.41, 5.74) is 1.85. The van der Waals surface area contributed by atoms with E-state index >= 15 is 0 Å². The van der Waals surface area contributed by atoms with Crippen LogP contribution < -0.4 is 16.0 Å². The van der Waals surface area contributed by atoms with E-state index in [-0.39, 0.29) is 5.91 Å². The molecule has 0 aliphatic heterocycles. The lowest BCUT2D eigenvalue weighted by atomic mass is 9.98. The Labute approximate surface area is 163 Å². The van der Waals surface area contributed by atoms with Crippen LogP contribution in [0.1, 0.15) is 57.9 Å². The van der Waals surface area contributed by atoms with Crippen molar-refractivity contribution in [3.8, 4) is 0 Å². The molecule has 0 bridgehead atoms. The number of nitrogens with one attached hydrogen (secondary N) is 3. The van der Waals surface area contributed by atoms with E-state index in [9.17, 15) is 4.79 Å². The normalized spacial score (nSPS) is 15.4. The third-order valence-corrected chi connectivity index (χ3v) is 4.53. The highest BCUT2D eigenvalue weighted by molar-refractivity contribution is 5.88. The quantitative estimate of drug-likeness (QED) is 0.352. The van der Waals surface area contributed by atoms with Crippen LogP contribution in [0.5, 0.6) is 0 Å². The van der Waals surface area contributed by atoms with Gasteiger partial charge in [-0.3, -0.25) is 4.79 Å². The van der Waals surface area contributed by atoms with Crippen LogP contribution >= 0.6 is 0 Å². The van der Waals surface area contributed by atoms with Gasteiger partial charge in [0.25, 0.3) is 0 Å². The molecule has 27 heavy (non-hydrogen) atoms. The Bertz CT molecular complexity index is 598. The number of hydrogen-bond donors (Lipinski definition) is 3. The van der Waals surface area contributed by atoms with Gasteiger partial charge in [0, 0.05) is 32.3 Å². The Hall–Kier alpha value is -2.08. The number of carbonyl (C=O) groups excluding carboxylic acids is 1. The van der Waals surface area contributed by atoms with Gasteiger partial charge in [0.2, 0.25) is 5.91 Å². The number of amides is 1. The van der Waals surface area contributed by atoms with Crippen LogP contribution in [0.15, 0.2) is 29.3 Å². The van der Waals surface area contributed by atoms with Crippen molar-refractivity contribution < 1.29 is 9.53 Å². The van der Waals surface area contributed by atoms with E-state index in [1.807, 2.05) is 24.3 Å². The van der Waals surface area contributed by atoms with E-state index in [2.05, 4.69) is 27.9 Å². The summed E-state index contributed by atoms with van der Waals surface area (Å²) in [7, 11) is 0. The molecule has 0 unspecified atom stereocenters. The lowest BCUT2D eigenvalue weighted by Crippen LogP contribution is -2.38. The first-order valence-corrected chi connectivity index (χ1v) is 10.2. The number of aliphatic imine (C=N–C) groups is 1. The number of benzene rings is 1. The number of guanidine groups is 1. The summed E-state index contributed by atoms with van der Waals surface area (Å²) in [5.74, 6) is 0.737. The molecule has 6 nitrogen and oxygen atoms in total. The second-order valence-electron chi connectivity index (χ2n) is 6.99. The smallest absolute Gasteiger partial charge is 0.221 e. The molecule has 1 saturated carbocycles. The van der Waals surface area contributed by atoms with E-state index in [1.165, 1.54) is 39.0 Å². The van der Waals surface area contributed by atoms with Crippen LogP contribution in [0.2, 0.25) is 0 Å². The van der Waals surface area contributed by atoms with Crippen LogP contribution in [-0.4, -0.2) is 37.7 Å². The van der Waals surface area contributed by atoms with Gasteiger partial charge < -0.3 is 20.7 Å². The molecular weight excluding hydrogens is 340 g/mol. The summed E-state index contributed by atoms with van der Waals surface area (Å²) in [6.07, 6.45) is 7.85. The Morgan fingerprint density at radius 2 is 2.04 bits per heavy atom. The van der Waals surface area contributed by atoms with Crippen molar-refractivity contribution in [2.45, 2.75) is 65.0 Å². The van der Waals surface area contributed by atoms with Crippen LogP contribution in [-0.2, 0) is 16.1 Å². The molecule has 1 aromatic carbocycles. The maximum atomic E-state index is 11.2. The van der Waals surface area contributed by atoms with Crippen molar-refractivity contribution in [1.82, 2.24) is 10.6 Å². The van der Waals surface area contributed by atoms with Gasteiger partial charge in [0.1, 0.15) is 0 Å². The molecule has 0 saturated heterocycles. The first kappa shape index (κ1) is 21.2. The Kier molecular flexibility index (Phi) is 9.69. The summed E-state index contributed by atoms with van der Waals surface area (Å²) < 4.78 is 5.96. The van der Waals surface area contributed by atoms with Crippen molar-refractivity contribution in [3.63, 3.8) is 0 Å². The van der Waals surface area contributed by atoms with Gasteiger partial charge in [-0.1, -0.05) is 31.4 Å². The first-order valence-electron chi connectivity index (χ1n) is 10.2. The highest BCUT2D eigenvalue weighted by Crippen LogP contribution is 2.20. The lowest BCUT2D eigenvalue weighted by molar-refractivity contribution is -0.114. The number of hydrogen-bond acceptors (Lipinski definition) is 3. The summed E-state index contributed by atoms with van der Waals surface area (Å²) in [4.78, 5) is 15.8. The number of rotatable bonds is 9. The monoisotopic (exact) mass is 374 g/mol. The van der Waals surface area contributed by atoms with Gasteiger partial charge in [-0.15, -0.1) is 0 Å². The minimum Gasteiger partial charge on any atom is -0.378 e. The maximum absolute atomic E-state index is 11.2. The standard InChI is InChI=1S/C21H34N4O2/c1-3-22-21(23-13-8-14-27-20-11-5-4-6-12-20)24-16-18-9-7-10-19(15-18)25-17(2)26/h7,9-10,15,20H,3-6,8,11-14,16H2,1-2H3,(H,25,26)(H2,22,23,24). The zero-order chi connectivity index (χ0) is 19.3. The molecular formula is C21H34N4O2. The number of anilines is 1. The van der Waals surface area contributed by atoms with Gasteiger partial charge in [-0.05, 0) is 43.9 Å². The molecule has 0 atom stereocenters. The molecule has 150 valence electrons. The van der Waals surface area contributed by atoms with Gasteiger partial charge in [0.05, 0.1) is 12.6 Å². The fourth-order valence-corrected chi connectivity index (χ4v) is 3.22. The third-order valence-electron chi connectivity index (χ3n) is 4.53. The fourth-order valence-electron chi connectivity index (χ4n) is 3.22. The Balaban J connectivity index is 1.73. The van der Waals surface area contributed by atoms with E-state index in [4.69, 9.17) is 4.74 Å². The van der Waals surface area contributed by atoms with E-state index in [0.717, 1.165) is 43.3 Å². The number of carbonyl (C=O) groups is 1. The van der Waals surface area contributed by atoms with Crippen molar-refractivity contribution in [2.75, 3.05) is 25.0 Å². The van der Waals surface area contributed by atoms with Gasteiger partial charge in [-0.2, -0.15) is 0 Å². The highest BCUT2D eigenvalue weighted by Gasteiger charge is 2.12. The van der Waals surface area contributed by atoms with Gasteiger partial charge in [0.15, 0.2) is 5.96 Å². The maximum Gasteiger partial charge on any atom is 0.221 e. The third kappa shape index (κ3) is 8.91. The minimum atomic E-state index is -0.0684. The largest absolute Gasteiger partial charge is 0.378 e. The molecule has 0 heterocycles. The topological polar surface area (TPSA) is 74.8 Å². The van der Waals surface area contributed by atoms with Crippen molar-refractivity contribution in [2.24, 2.45) is 4.99 Å². The number of ether oxygens (including phenoxy) is 1. The van der Waals surface area contributed by atoms with Crippen molar-refractivity contribution in [3.05, 3.63) is 29.8 Å². The number of nitrogens with zero attached hydrogens (tertiary/aromatic N) is 1. The Morgan fingerprint density at radius 3 is 2.78 bits per heavy atom. The van der Waals surface area contributed by atoms with Crippen molar-refractivity contribution in [1.29, 1.82) is 0 Å². The molecule has 1 aromatic rings. The second kappa shape index (κ2) is 12.3.